The summed E-state index contributed by atoms with van der Waals surface area (Å²) < 4.78 is 36.7. The van der Waals surface area contributed by atoms with E-state index < -0.39 is 41.3 Å². The number of aryl methyl sites for hydroxylation is 1. The van der Waals surface area contributed by atoms with Crippen molar-refractivity contribution in [2.24, 2.45) is 5.73 Å². The number of alkyl carbamates (subject to hydrolysis) is 1. The molecule has 10 nitrogen and oxygen atoms in total. The van der Waals surface area contributed by atoms with Gasteiger partial charge >= 0.3 is 6.09 Å². The number of aromatic nitrogens is 3. The number of anilines is 3. The number of rotatable bonds is 9. The lowest BCUT2D eigenvalue weighted by Crippen LogP contribution is -2.42. The van der Waals surface area contributed by atoms with Crippen LogP contribution in [0.3, 0.4) is 0 Å². The summed E-state index contributed by atoms with van der Waals surface area (Å²) in [6.07, 6.45) is 1.02. The average Bonchev–Trinajstić information content (AvgIpc) is 3.29. The van der Waals surface area contributed by atoms with E-state index >= 15 is 4.39 Å². The Morgan fingerprint density at radius 2 is 1.85 bits per heavy atom. The Morgan fingerprint density at radius 1 is 1.10 bits per heavy atom. The topological polar surface area (TPSA) is 136 Å². The molecule has 0 spiro atoms. The van der Waals surface area contributed by atoms with Gasteiger partial charge in [-0.25, -0.2) is 18.6 Å². The van der Waals surface area contributed by atoms with Gasteiger partial charge in [0.1, 0.15) is 17.2 Å². The van der Waals surface area contributed by atoms with Crippen molar-refractivity contribution in [1.82, 2.24) is 20.1 Å². The molecule has 0 unspecified atom stereocenters. The number of fused-ring (bicyclic) bond motifs is 1. The zero-order valence-electron chi connectivity index (χ0n) is 23.5. The predicted molar refractivity (Wildman–Crippen MR) is 153 cm³/mol. The molecule has 41 heavy (non-hydrogen) atoms. The van der Waals surface area contributed by atoms with Crippen molar-refractivity contribution in [1.29, 1.82) is 0 Å². The number of ether oxygens (including phenoxy) is 1. The molecular formula is C29H33F2N7O3. The van der Waals surface area contributed by atoms with E-state index in [-0.39, 0.29) is 17.2 Å². The van der Waals surface area contributed by atoms with Gasteiger partial charge in [0.15, 0.2) is 11.6 Å². The zero-order valence-corrected chi connectivity index (χ0v) is 23.5. The van der Waals surface area contributed by atoms with Crippen LogP contribution >= 0.6 is 0 Å². The molecule has 5 N–H and O–H groups in total. The van der Waals surface area contributed by atoms with Crippen LogP contribution in [-0.4, -0.2) is 38.4 Å². The summed E-state index contributed by atoms with van der Waals surface area (Å²) in [6, 6.07) is 10.6. The molecule has 0 aliphatic carbocycles. The second-order valence-corrected chi connectivity index (χ2v) is 10.6. The second-order valence-electron chi connectivity index (χ2n) is 10.6. The van der Waals surface area contributed by atoms with E-state index in [1.165, 1.54) is 18.2 Å². The van der Waals surface area contributed by atoms with E-state index in [9.17, 15) is 14.0 Å². The van der Waals surface area contributed by atoms with E-state index in [4.69, 9.17) is 10.5 Å². The van der Waals surface area contributed by atoms with Crippen LogP contribution in [0.15, 0.2) is 54.7 Å². The first-order valence-corrected chi connectivity index (χ1v) is 13.1. The SMILES string of the molecule is CCn1ncc2cc(Nc3nc(N[C@H](c4cccc(F)c4)[C@H](C)NC(=O)OC(C)(C)C)c(F)cc3C(N)=O)ccc21. The third kappa shape index (κ3) is 7.07. The largest absolute Gasteiger partial charge is 0.444 e. The number of nitrogens with two attached hydrogens (primary N) is 1. The number of carbonyl (C=O) groups excluding carboxylic acids is 2. The Kier molecular flexibility index (Phi) is 8.41. The van der Waals surface area contributed by atoms with Crippen LogP contribution in [0.5, 0.6) is 0 Å². The molecule has 0 bridgehead atoms. The fourth-order valence-electron chi connectivity index (χ4n) is 4.35. The van der Waals surface area contributed by atoms with Gasteiger partial charge in [-0.1, -0.05) is 12.1 Å². The molecule has 2 atom stereocenters. The van der Waals surface area contributed by atoms with Crippen LogP contribution in [0.25, 0.3) is 10.9 Å². The molecule has 0 aliphatic heterocycles. The summed E-state index contributed by atoms with van der Waals surface area (Å²) in [5.74, 6) is -2.50. The Labute approximate surface area is 236 Å². The van der Waals surface area contributed by atoms with Gasteiger partial charge in [0.2, 0.25) is 0 Å². The highest BCUT2D eigenvalue weighted by Gasteiger charge is 2.27. The summed E-state index contributed by atoms with van der Waals surface area (Å²) in [6.45, 7) is 9.51. The van der Waals surface area contributed by atoms with Crippen molar-refractivity contribution in [2.45, 2.75) is 58.8 Å². The average molecular weight is 566 g/mol. The minimum atomic E-state index is -0.882. The minimum absolute atomic E-state index is 0.00869. The highest BCUT2D eigenvalue weighted by Crippen LogP contribution is 2.29. The van der Waals surface area contributed by atoms with Gasteiger partial charge in [0.05, 0.1) is 29.4 Å². The first-order valence-electron chi connectivity index (χ1n) is 13.1. The van der Waals surface area contributed by atoms with Gasteiger partial charge in [-0.3, -0.25) is 9.48 Å². The number of hydrogen-bond acceptors (Lipinski definition) is 7. The molecule has 2 heterocycles. The number of carbonyl (C=O) groups is 2. The number of hydrogen-bond donors (Lipinski definition) is 4. The van der Waals surface area contributed by atoms with E-state index in [1.54, 1.807) is 46.0 Å². The van der Waals surface area contributed by atoms with Gasteiger partial charge in [0.25, 0.3) is 5.91 Å². The van der Waals surface area contributed by atoms with Crippen molar-refractivity contribution in [3.05, 3.63) is 77.5 Å². The van der Waals surface area contributed by atoms with Crippen LogP contribution in [0.1, 0.15) is 56.6 Å². The highest BCUT2D eigenvalue weighted by molar-refractivity contribution is 5.99. The molecule has 2 aromatic heterocycles. The fourth-order valence-corrected chi connectivity index (χ4v) is 4.35. The zero-order chi connectivity index (χ0) is 29.9. The van der Waals surface area contributed by atoms with Crippen LogP contribution < -0.4 is 21.7 Å². The summed E-state index contributed by atoms with van der Waals surface area (Å²) in [4.78, 5) is 29.0. The normalized spacial score (nSPS) is 13.0. The molecular weight excluding hydrogens is 532 g/mol. The molecule has 12 heteroatoms. The minimum Gasteiger partial charge on any atom is -0.444 e. The Balaban J connectivity index is 1.69. The molecule has 0 fully saturated rings. The predicted octanol–water partition coefficient (Wildman–Crippen LogP) is 5.64. The van der Waals surface area contributed by atoms with Gasteiger partial charge < -0.3 is 26.4 Å². The highest BCUT2D eigenvalue weighted by atomic mass is 19.1. The lowest BCUT2D eigenvalue weighted by Gasteiger charge is -2.29. The van der Waals surface area contributed by atoms with E-state index in [0.29, 0.717) is 17.8 Å². The van der Waals surface area contributed by atoms with Crippen molar-refractivity contribution < 1.29 is 23.1 Å². The van der Waals surface area contributed by atoms with Crippen LogP contribution in [0.4, 0.5) is 30.9 Å². The van der Waals surface area contributed by atoms with Gasteiger partial charge in [-0.2, -0.15) is 5.10 Å². The van der Waals surface area contributed by atoms with Crippen LogP contribution in [0.2, 0.25) is 0 Å². The lowest BCUT2D eigenvalue weighted by atomic mass is 10.00. The number of amides is 2. The van der Waals surface area contributed by atoms with Crippen molar-refractivity contribution in [3.63, 3.8) is 0 Å². The third-order valence-electron chi connectivity index (χ3n) is 6.19. The Hall–Kier alpha value is -4.74. The number of nitrogens with zero attached hydrogens (tertiary/aromatic N) is 3. The molecule has 4 aromatic rings. The van der Waals surface area contributed by atoms with Gasteiger partial charge in [-0.05, 0) is 76.6 Å². The monoisotopic (exact) mass is 565 g/mol. The first-order chi connectivity index (χ1) is 19.3. The van der Waals surface area contributed by atoms with Crippen LogP contribution in [0, 0.1) is 11.6 Å². The molecule has 4 rings (SSSR count). The van der Waals surface area contributed by atoms with Gasteiger partial charge in [-0.15, -0.1) is 0 Å². The fraction of sp³-hybridized carbons (Fsp3) is 0.310. The Morgan fingerprint density at radius 3 is 2.51 bits per heavy atom. The molecule has 0 aliphatic rings. The number of pyridine rings is 1. The molecule has 0 saturated heterocycles. The smallest absolute Gasteiger partial charge is 0.407 e. The molecule has 216 valence electrons. The maximum absolute atomic E-state index is 15.3. The van der Waals surface area contributed by atoms with Crippen molar-refractivity contribution >= 4 is 40.2 Å². The maximum Gasteiger partial charge on any atom is 0.407 e. The number of benzene rings is 2. The third-order valence-corrected chi connectivity index (χ3v) is 6.19. The van der Waals surface area contributed by atoms with Gasteiger partial charge in [0, 0.05) is 17.6 Å². The van der Waals surface area contributed by atoms with Crippen molar-refractivity contribution in [3.8, 4) is 0 Å². The molecule has 0 saturated carbocycles. The second kappa shape index (κ2) is 11.8. The molecule has 0 radical (unpaired) electrons. The number of nitrogens with one attached hydrogen (secondary N) is 3. The molecule has 2 aromatic carbocycles. The maximum atomic E-state index is 15.3. The van der Waals surface area contributed by atoms with Crippen molar-refractivity contribution in [2.75, 3.05) is 10.6 Å². The summed E-state index contributed by atoms with van der Waals surface area (Å²) in [5, 5.41) is 13.9. The number of halogens is 2. The summed E-state index contributed by atoms with van der Waals surface area (Å²) in [7, 11) is 0. The Bertz CT molecular complexity index is 1580. The quantitative estimate of drug-likeness (QED) is 0.206. The summed E-state index contributed by atoms with van der Waals surface area (Å²) >= 11 is 0. The first kappa shape index (κ1) is 29.2. The number of primary amides is 1. The van der Waals surface area contributed by atoms with E-state index in [0.717, 1.165) is 17.0 Å². The molecule has 2 amide bonds. The van der Waals surface area contributed by atoms with E-state index in [1.807, 2.05) is 23.7 Å². The standard InChI is InChI=1S/C29H33F2N7O3/c1-6-38-23-11-10-20(13-18(23)15-33-38)35-26-21(25(32)39)14-22(31)27(37-26)36-24(17-8-7-9-19(30)12-17)16(2)34-28(40)41-29(3,4)5/h7-16,24H,6H2,1-5H3,(H2,32,39)(H,34,40)(H2,35,36,37)/t16-,24-/m0/s1. The van der Waals surface area contributed by atoms with E-state index in [2.05, 4.69) is 26.0 Å². The lowest BCUT2D eigenvalue weighted by molar-refractivity contribution is 0.0503. The van der Waals surface area contributed by atoms with Crippen LogP contribution in [-0.2, 0) is 11.3 Å². The summed E-state index contributed by atoms with van der Waals surface area (Å²) in [5.41, 5.74) is 6.54.